The number of aromatic nitrogens is 2. The molecular weight excluding hydrogens is 153 g/mol. The van der Waals surface area contributed by atoms with Gasteiger partial charge in [0, 0.05) is 0 Å². The van der Waals surface area contributed by atoms with Crippen LogP contribution in [0.5, 0.6) is 0 Å². The molecule has 0 atom stereocenters. The predicted molar refractivity (Wildman–Crippen MR) is 47.1 cm³/mol. The number of H-pyrrole nitrogens is 1. The van der Waals surface area contributed by atoms with Crippen LogP contribution in [0.3, 0.4) is 0 Å². The molecule has 0 bridgehead atoms. The van der Waals surface area contributed by atoms with Crippen molar-refractivity contribution in [2.45, 2.75) is 0 Å². The van der Waals surface area contributed by atoms with E-state index in [0.717, 1.165) is 5.41 Å². The van der Waals surface area contributed by atoms with Gasteiger partial charge in [-0.2, -0.15) is 0 Å². The standard InChI is InChI=1S/C5H3B3N2O2/c11-5(12)4-9-2-1-6-8-7-3(2)10-4/h1H,(H,9,10)(H,11,12). The average molecular weight is 156 g/mol. The van der Waals surface area contributed by atoms with Crippen molar-refractivity contribution in [2.24, 2.45) is 0 Å². The first-order chi connectivity index (χ1) is 5.77. The first-order valence-corrected chi connectivity index (χ1v) is 3.45. The van der Waals surface area contributed by atoms with E-state index in [1.165, 1.54) is 0 Å². The summed E-state index contributed by atoms with van der Waals surface area (Å²) in [6, 6.07) is 0. The third kappa shape index (κ3) is 1.11. The van der Waals surface area contributed by atoms with E-state index in [-0.39, 0.29) is 5.82 Å². The molecule has 0 aliphatic heterocycles. The number of aromatic amines is 1. The molecule has 2 heterocycles. The molecule has 0 spiro atoms. The maximum atomic E-state index is 10.5. The molecule has 2 rings (SSSR count). The van der Waals surface area contributed by atoms with Crippen LogP contribution in [0.15, 0.2) is 5.96 Å². The van der Waals surface area contributed by atoms with Crippen molar-refractivity contribution in [3.05, 3.63) is 11.8 Å². The monoisotopic (exact) mass is 156 g/mol. The van der Waals surface area contributed by atoms with Gasteiger partial charge >= 0.3 is 68.8 Å². The molecule has 0 saturated heterocycles. The fraction of sp³-hybridized carbons (Fsp3) is 0. The van der Waals surface area contributed by atoms with Crippen LogP contribution in [0.25, 0.3) is 10.9 Å². The van der Waals surface area contributed by atoms with Gasteiger partial charge in [-0.15, -0.1) is 0 Å². The molecule has 7 heteroatoms. The number of nitrogens with zero attached hydrogens (tertiary/aromatic N) is 1. The Kier molecular flexibility index (Phi) is 1.64. The number of fused-ring (bicyclic) bond motifs is 1. The van der Waals surface area contributed by atoms with Crippen LogP contribution in [-0.2, 0) is 0 Å². The third-order valence-corrected chi connectivity index (χ3v) is 1.59. The average Bonchev–Trinajstić information content (AvgIpc) is 2.46. The van der Waals surface area contributed by atoms with Crippen LogP contribution in [0, 0.1) is 0 Å². The molecule has 0 aliphatic carbocycles. The van der Waals surface area contributed by atoms with Crippen LogP contribution in [-0.4, -0.2) is 41.3 Å². The van der Waals surface area contributed by atoms with Crippen molar-refractivity contribution in [1.29, 1.82) is 0 Å². The van der Waals surface area contributed by atoms with Gasteiger partial charge in [0.15, 0.2) is 0 Å². The number of hydrogen-bond donors (Lipinski definition) is 2. The first kappa shape index (κ1) is 7.40. The Hall–Kier alpha value is -1.26. The molecule has 0 radical (unpaired) electrons. The Balaban J connectivity index is 2.70. The Morgan fingerprint density at radius 3 is 3.17 bits per heavy atom. The molecule has 0 amide bonds. The normalized spacial score (nSPS) is 9.33. The summed E-state index contributed by atoms with van der Waals surface area (Å²) in [6.45, 7) is 5.43. The second kappa shape index (κ2) is 2.66. The number of aromatic carboxylic acids is 1. The van der Waals surface area contributed by atoms with Crippen molar-refractivity contribution in [3.63, 3.8) is 0 Å². The van der Waals surface area contributed by atoms with Crippen molar-refractivity contribution in [3.8, 4) is 0 Å². The molecule has 0 aliphatic rings. The topological polar surface area (TPSA) is 66.0 Å². The van der Waals surface area contributed by atoms with Gasteiger partial charge in [-0.25, -0.2) is 0 Å². The number of hydrogen-bond acceptors (Lipinski definition) is 2. The number of rotatable bonds is 1. The fourth-order valence-corrected chi connectivity index (χ4v) is 1.05. The SMILES string of the molecule is O=C(O)c1nc2cbbbc2[nH]1. The molecule has 4 nitrogen and oxygen atoms in total. The molecule has 0 unspecified atom stereocenters. The predicted octanol–water partition coefficient (Wildman–Crippen LogP) is -0.725. The van der Waals surface area contributed by atoms with Crippen LogP contribution in [0.4, 0.5) is 0 Å². The molecule has 12 heavy (non-hydrogen) atoms. The van der Waals surface area contributed by atoms with Gasteiger partial charge in [-0.3, -0.25) is 0 Å². The summed E-state index contributed by atoms with van der Waals surface area (Å²) in [7, 11) is 0. The number of imidazole rings is 1. The van der Waals surface area contributed by atoms with E-state index in [1.54, 1.807) is 12.8 Å². The first-order valence-electron chi connectivity index (χ1n) is 3.45. The summed E-state index contributed by atoms with van der Waals surface area (Å²) in [4.78, 5) is 17.0. The minimum atomic E-state index is -1.04. The second-order valence-electron chi connectivity index (χ2n) is 2.41. The Morgan fingerprint density at radius 2 is 2.50 bits per heavy atom. The zero-order valence-corrected chi connectivity index (χ0v) is 6.11. The molecule has 0 saturated carbocycles. The van der Waals surface area contributed by atoms with Gasteiger partial charge in [-0.1, -0.05) is 0 Å². The van der Waals surface area contributed by atoms with Crippen LogP contribution < -0.4 is 0 Å². The van der Waals surface area contributed by atoms with E-state index in [1.807, 2.05) is 13.5 Å². The van der Waals surface area contributed by atoms with Crippen LogP contribution in [0.1, 0.15) is 10.6 Å². The molecular formula is C5H3B3N2O2. The summed E-state index contributed by atoms with van der Waals surface area (Å²) in [6.07, 6.45) is 0. The van der Waals surface area contributed by atoms with Crippen molar-refractivity contribution in [1.82, 2.24) is 9.97 Å². The number of carboxylic acids is 1. The molecule has 54 valence electrons. The van der Waals surface area contributed by atoms with E-state index in [2.05, 4.69) is 9.97 Å². The van der Waals surface area contributed by atoms with Crippen molar-refractivity contribution in [2.75, 3.05) is 0 Å². The van der Waals surface area contributed by atoms with Crippen molar-refractivity contribution < 1.29 is 9.90 Å². The summed E-state index contributed by atoms with van der Waals surface area (Å²) >= 11 is 0. The van der Waals surface area contributed by atoms with E-state index < -0.39 is 5.97 Å². The zero-order chi connectivity index (χ0) is 8.55. The maximum absolute atomic E-state index is 10.5. The Morgan fingerprint density at radius 1 is 1.67 bits per heavy atom. The van der Waals surface area contributed by atoms with Gasteiger partial charge in [-0.05, 0) is 0 Å². The fourth-order valence-electron chi connectivity index (χ4n) is 1.05. The van der Waals surface area contributed by atoms with Crippen molar-refractivity contribution >= 4 is 37.2 Å². The molecule has 2 aromatic rings. The number of nitrogens with one attached hydrogen (secondary N) is 1. The third-order valence-electron chi connectivity index (χ3n) is 1.59. The number of carbonyl (C=O) groups is 1. The van der Waals surface area contributed by atoms with Gasteiger partial charge in [0.25, 0.3) is 0 Å². The summed E-state index contributed by atoms with van der Waals surface area (Å²) in [5, 5.41) is 8.59. The zero-order valence-electron chi connectivity index (χ0n) is 6.11. The molecule has 2 N–H and O–H groups in total. The van der Waals surface area contributed by atoms with E-state index >= 15 is 0 Å². The molecule has 0 aromatic carbocycles. The minimum absolute atomic E-state index is 0.0174. The van der Waals surface area contributed by atoms with E-state index in [4.69, 9.17) is 5.11 Å². The summed E-state index contributed by atoms with van der Waals surface area (Å²) in [5.74, 6) is 0.709. The van der Waals surface area contributed by atoms with Crippen LogP contribution >= 0.6 is 0 Å². The van der Waals surface area contributed by atoms with E-state index in [9.17, 15) is 4.79 Å². The van der Waals surface area contributed by atoms with Gasteiger partial charge in [0.1, 0.15) is 0 Å². The second-order valence-corrected chi connectivity index (χ2v) is 2.41. The summed E-state index contributed by atoms with van der Waals surface area (Å²) in [5.41, 5.74) is 1.42. The Bertz CT molecular complexity index is 408. The quantitative estimate of drug-likeness (QED) is 0.571. The Labute approximate surface area is 69.6 Å². The molecule has 0 fully saturated rings. The van der Waals surface area contributed by atoms with Gasteiger partial charge < -0.3 is 0 Å². The van der Waals surface area contributed by atoms with Gasteiger partial charge in [0.2, 0.25) is 0 Å². The van der Waals surface area contributed by atoms with E-state index in [0.29, 0.717) is 5.52 Å². The molecule has 2 aromatic heterocycles. The number of carboxylic acid groups (broad SMARTS) is 1. The summed E-state index contributed by atoms with van der Waals surface area (Å²) < 4.78 is 0. The van der Waals surface area contributed by atoms with Crippen LogP contribution in [0.2, 0.25) is 0 Å². The van der Waals surface area contributed by atoms with Gasteiger partial charge in [0.05, 0.1) is 0 Å².